The Bertz CT molecular complexity index is 394. The second-order valence-corrected chi connectivity index (χ2v) is 4.22. The Morgan fingerprint density at radius 2 is 1.87 bits per heavy atom. The van der Waals surface area contributed by atoms with Crippen LogP contribution in [-0.4, -0.2) is 13.0 Å². The summed E-state index contributed by atoms with van der Waals surface area (Å²) in [6.07, 6.45) is 3.13. The Balaban J connectivity index is 2.64. The van der Waals surface area contributed by atoms with Crippen molar-refractivity contribution in [1.29, 1.82) is 0 Å². The number of hydrogen-bond acceptors (Lipinski definition) is 4. The molecule has 0 saturated carbocycles. The molecule has 84 valence electrons. The van der Waals surface area contributed by atoms with Crippen molar-refractivity contribution in [3.63, 3.8) is 0 Å². The maximum Gasteiger partial charge on any atom is 0.262 e. The molecule has 0 spiro atoms. The average molecular weight is 229 g/mol. The summed E-state index contributed by atoms with van der Waals surface area (Å²) >= 11 is 0. The summed E-state index contributed by atoms with van der Waals surface area (Å²) < 4.78 is 35.0. The summed E-state index contributed by atoms with van der Waals surface area (Å²) in [6, 6.07) is 6.49. The molecule has 15 heavy (non-hydrogen) atoms. The molecule has 0 aliphatic heterocycles. The zero-order valence-electron chi connectivity index (χ0n) is 8.47. The third kappa shape index (κ3) is 4.80. The summed E-state index contributed by atoms with van der Waals surface area (Å²) in [6.45, 7) is 2.10. The summed E-state index contributed by atoms with van der Waals surface area (Å²) in [5.41, 5.74) is 1.10. The van der Waals surface area contributed by atoms with E-state index in [0.29, 0.717) is 0 Å². The minimum Gasteiger partial charge on any atom is -0.716 e. The Hall–Kier alpha value is -1.07. The molecule has 0 heterocycles. The monoisotopic (exact) mass is 229 g/mol. The highest BCUT2D eigenvalue weighted by Gasteiger charge is 1.99. The molecule has 0 saturated heterocycles. The minimum atomic E-state index is -4.66. The molecule has 0 unspecified atom stereocenters. The van der Waals surface area contributed by atoms with Crippen LogP contribution >= 0.6 is 0 Å². The molecule has 5 heteroatoms. The van der Waals surface area contributed by atoms with Gasteiger partial charge in [-0.1, -0.05) is 25.5 Å². The fourth-order valence-electron chi connectivity index (χ4n) is 1.21. The number of unbranched alkanes of at least 4 members (excludes halogenated alkanes) is 1. The molecule has 0 atom stereocenters. The van der Waals surface area contributed by atoms with Crippen LogP contribution in [0, 0.1) is 0 Å². The van der Waals surface area contributed by atoms with E-state index in [0.717, 1.165) is 24.8 Å². The van der Waals surface area contributed by atoms with Gasteiger partial charge < -0.3 is 8.74 Å². The lowest BCUT2D eigenvalue weighted by atomic mass is 10.1. The molecule has 4 nitrogen and oxygen atoms in total. The molecule has 0 aromatic heterocycles. The minimum absolute atomic E-state index is 0.0604. The van der Waals surface area contributed by atoms with Gasteiger partial charge in [0, 0.05) is 0 Å². The van der Waals surface area contributed by atoms with E-state index >= 15 is 0 Å². The Morgan fingerprint density at radius 1 is 1.27 bits per heavy atom. The van der Waals surface area contributed by atoms with Crippen molar-refractivity contribution in [1.82, 2.24) is 0 Å². The number of hydrogen-bond donors (Lipinski definition) is 0. The number of aryl methyl sites for hydroxylation is 1. The van der Waals surface area contributed by atoms with Crippen molar-refractivity contribution >= 4 is 10.4 Å². The van der Waals surface area contributed by atoms with Crippen LogP contribution < -0.4 is 4.18 Å². The maximum absolute atomic E-state index is 10.3. The Morgan fingerprint density at radius 3 is 2.33 bits per heavy atom. The van der Waals surface area contributed by atoms with Crippen molar-refractivity contribution in [2.75, 3.05) is 0 Å². The first kappa shape index (κ1) is 12.0. The number of benzene rings is 1. The fourth-order valence-corrected chi connectivity index (χ4v) is 1.56. The molecule has 0 N–H and O–H groups in total. The largest absolute Gasteiger partial charge is 0.716 e. The van der Waals surface area contributed by atoms with Gasteiger partial charge in [0.15, 0.2) is 0 Å². The first-order valence-corrected chi connectivity index (χ1v) is 6.09. The average Bonchev–Trinajstić information content (AvgIpc) is 2.14. The standard InChI is InChI=1S/C10H14O4S/c1-2-3-4-9-5-7-10(8-6-9)14-15(11,12)13/h5-8H,2-4H2,1H3,(H,11,12,13)/p-1. The number of rotatable bonds is 5. The predicted molar refractivity (Wildman–Crippen MR) is 55.4 cm³/mol. The van der Waals surface area contributed by atoms with Crippen LogP contribution in [0.25, 0.3) is 0 Å². The van der Waals surface area contributed by atoms with E-state index in [1.807, 2.05) is 0 Å². The van der Waals surface area contributed by atoms with Gasteiger partial charge in [0.2, 0.25) is 0 Å². The molecule has 1 aromatic carbocycles. The van der Waals surface area contributed by atoms with E-state index in [9.17, 15) is 13.0 Å². The third-order valence-electron chi connectivity index (χ3n) is 1.94. The highest BCUT2D eigenvalue weighted by atomic mass is 32.3. The molecular weight excluding hydrogens is 216 g/mol. The fraction of sp³-hybridized carbons (Fsp3) is 0.400. The molecule has 0 aliphatic carbocycles. The van der Waals surface area contributed by atoms with Crippen molar-refractivity contribution in [3.05, 3.63) is 29.8 Å². The zero-order valence-corrected chi connectivity index (χ0v) is 9.29. The lowest BCUT2D eigenvalue weighted by molar-refractivity contribution is 0.372. The van der Waals surface area contributed by atoms with Gasteiger partial charge in [0.25, 0.3) is 10.4 Å². The van der Waals surface area contributed by atoms with Gasteiger partial charge in [-0.05, 0) is 30.5 Å². The Labute approximate surface area is 89.8 Å². The SMILES string of the molecule is CCCCc1ccc(OS(=O)(=O)[O-])cc1. The van der Waals surface area contributed by atoms with E-state index in [1.54, 1.807) is 12.1 Å². The van der Waals surface area contributed by atoms with Crippen LogP contribution in [0.5, 0.6) is 5.75 Å². The molecule has 0 amide bonds. The first-order chi connectivity index (χ1) is 7.01. The quantitative estimate of drug-likeness (QED) is 0.571. The molecule has 0 bridgehead atoms. The van der Waals surface area contributed by atoms with E-state index in [-0.39, 0.29) is 5.75 Å². The van der Waals surface area contributed by atoms with Gasteiger partial charge >= 0.3 is 0 Å². The summed E-state index contributed by atoms with van der Waals surface area (Å²) in [5, 5.41) is 0. The van der Waals surface area contributed by atoms with E-state index in [4.69, 9.17) is 0 Å². The Kier molecular flexibility index (Phi) is 4.11. The van der Waals surface area contributed by atoms with Gasteiger partial charge in [-0.2, -0.15) is 0 Å². The zero-order chi connectivity index (χ0) is 11.3. The molecule has 0 radical (unpaired) electrons. The van der Waals surface area contributed by atoms with Gasteiger partial charge in [0.1, 0.15) is 5.75 Å². The van der Waals surface area contributed by atoms with Crippen molar-refractivity contribution < 1.29 is 17.2 Å². The highest BCUT2D eigenvalue weighted by Crippen LogP contribution is 2.15. The smallest absolute Gasteiger partial charge is 0.262 e. The summed E-state index contributed by atoms with van der Waals surface area (Å²) in [4.78, 5) is 0. The summed E-state index contributed by atoms with van der Waals surface area (Å²) in [5.74, 6) is 0.0604. The summed E-state index contributed by atoms with van der Waals surface area (Å²) in [7, 11) is -4.66. The lowest BCUT2D eigenvalue weighted by Crippen LogP contribution is -2.06. The van der Waals surface area contributed by atoms with E-state index in [1.165, 1.54) is 12.1 Å². The predicted octanol–water partition coefficient (Wildman–Crippen LogP) is 1.87. The van der Waals surface area contributed by atoms with E-state index in [2.05, 4.69) is 11.1 Å². The van der Waals surface area contributed by atoms with Crippen LogP contribution in [-0.2, 0) is 16.8 Å². The molecule has 1 aromatic rings. The second kappa shape index (κ2) is 5.14. The van der Waals surface area contributed by atoms with Crippen molar-refractivity contribution in [2.24, 2.45) is 0 Å². The van der Waals surface area contributed by atoms with Crippen molar-refractivity contribution in [3.8, 4) is 5.75 Å². The first-order valence-electron chi connectivity index (χ1n) is 4.75. The van der Waals surface area contributed by atoms with Crippen LogP contribution in [0.2, 0.25) is 0 Å². The van der Waals surface area contributed by atoms with Crippen LogP contribution in [0.15, 0.2) is 24.3 Å². The molecule has 0 aliphatic rings. The second-order valence-electron chi connectivity index (χ2n) is 3.24. The van der Waals surface area contributed by atoms with Crippen LogP contribution in [0.1, 0.15) is 25.3 Å². The van der Waals surface area contributed by atoms with E-state index < -0.39 is 10.4 Å². The normalized spacial score (nSPS) is 11.3. The van der Waals surface area contributed by atoms with Gasteiger partial charge in [0.05, 0.1) is 0 Å². The van der Waals surface area contributed by atoms with Gasteiger partial charge in [-0.25, -0.2) is 8.42 Å². The molecular formula is C10H13O4S-. The molecule has 1 rings (SSSR count). The maximum atomic E-state index is 10.3. The molecule has 0 fully saturated rings. The van der Waals surface area contributed by atoms with Crippen molar-refractivity contribution in [2.45, 2.75) is 26.2 Å². The lowest BCUT2D eigenvalue weighted by Gasteiger charge is -2.09. The third-order valence-corrected chi connectivity index (χ3v) is 2.34. The highest BCUT2D eigenvalue weighted by molar-refractivity contribution is 7.81. The van der Waals surface area contributed by atoms with Crippen LogP contribution in [0.3, 0.4) is 0 Å². The van der Waals surface area contributed by atoms with Gasteiger partial charge in [-0.3, -0.25) is 0 Å². The van der Waals surface area contributed by atoms with Crippen LogP contribution in [0.4, 0.5) is 0 Å². The van der Waals surface area contributed by atoms with Gasteiger partial charge in [-0.15, -0.1) is 0 Å². The topological polar surface area (TPSA) is 66.4 Å².